The Balaban J connectivity index is 1.96. The predicted octanol–water partition coefficient (Wildman–Crippen LogP) is 3.71. The van der Waals surface area contributed by atoms with E-state index in [1.807, 2.05) is 55.5 Å². The van der Waals surface area contributed by atoms with E-state index >= 15 is 0 Å². The number of nitrogens with one attached hydrogen (secondary N) is 1. The first-order valence-electron chi connectivity index (χ1n) is 8.53. The summed E-state index contributed by atoms with van der Waals surface area (Å²) in [7, 11) is 3.24. The zero-order valence-electron chi connectivity index (χ0n) is 15.3. The summed E-state index contributed by atoms with van der Waals surface area (Å²) in [5, 5.41) is 5.14. The predicted molar refractivity (Wildman–Crippen MR) is 105 cm³/mol. The summed E-state index contributed by atoms with van der Waals surface area (Å²) < 4.78 is 12.4. The first-order valence-corrected chi connectivity index (χ1v) is 8.53. The third-order valence-corrected chi connectivity index (χ3v) is 4.55. The zero-order valence-corrected chi connectivity index (χ0v) is 15.3. The number of aromatic amines is 1. The number of pyridine rings is 1. The zero-order chi connectivity index (χ0) is 19.0. The number of rotatable bonds is 4. The SMILES string of the molecule is COc1ccc(-n2nc(C)c3c(=O)cc(-c4ccccc4OC)[nH]c32)cc1. The molecule has 2 aromatic heterocycles. The molecule has 0 radical (unpaired) electrons. The second-order valence-electron chi connectivity index (χ2n) is 6.17. The summed E-state index contributed by atoms with van der Waals surface area (Å²) in [6, 6.07) is 16.7. The van der Waals surface area contributed by atoms with E-state index in [9.17, 15) is 4.79 Å². The third-order valence-electron chi connectivity index (χ3n) is 4.55. The lowest BCUT2D eigenvalue weighted by molar-refractivity contribution is 0.414. The Morgan fingerprint density at radius 1 is 1.00 bits per heavy atom. The number of benzene rings is 2. The molecular formula is C21H19N3O3. The molecule has 27 heavy (non-hydrogen) atoms. The van der Waals surface area contributed by atoms with Gasteiger partial charge in [-0.3, -0.25) is 4.79 Å². The molecule has 0 spiro atoms. The fraction of sp³-hybridized carbons (Fsp3) is 0.143. The fourth-order valence-corrected chi connectivity index (χ4v) is 3.23. The highest BCUT2D eigenvalue weighted by atomic mass is 16.5. The van der Waals surface area contributed by atoms with E-state index in [0.29, 0.717) is 28.2 Å². The number of aryl methyl sites for hydroxylation is 1. The van der Waals surface area contributed by atoms with Crippen LogP contribution in [0.25, 0.3) is 28.0 Å². The Hall–Kier alpha value is -3.54. The Labute approximate surface area is 156 Å². The number of hydrogen-bond acceptors (Lipinski definition) is 4. The van der Waals surface area contributed by atoms with Gasteiger partial charge >= 0.3 is 0 Å². The van der Waals surface area contributed by atoms with Crippen molar-refractivity contribution in [3.63, 3.8) is 0 Å². The van der Waals surface area contributed by atoms with Gasteiger partial charge in [0.1, 0.15) is 17.1 Å². The molecule has 0 saturated heterocycles. The summed E-state index contributed by atoms with van der Waals surface area (Å²) >= 11 is 0. The number of methoxy groups -OCH3 is 2. The highest BCUT2D eigenvalue weighted by molar-refractivity contribution is 5.83. The lowest BCUT2D eigenvalue weighted by atomic mass is 10.1. The highest BCUT2D eigenvalue weighted by Crippen LogP contribution is 2.29. The average molecular weight is 361 g/mol. The van der Waals surface area contributed by atoms with Crippen LogP contribution in [0.5, 0.6) is 11.5 Å². The van der Waals surface area contributed by atoms with Gasteiger partial charge in [0.05, 0.1) is 36.7 Å². The molecule has 0 bridgehead atoms. The maximum atomic E-state index is 12.8. The highest BCUT2D eigenvalue weighted by Gasteiger charge is 2.16. The minimum atomic E-state index is -0.0816. The van der Waals surface area contributed by atoms with Crippen LogP contribution in [0.3, 0.4) is 0 Å². The van der Waals surface area contributed by atoms with Gasteiger partial charge in [-0.2, -0.15) is 5.10 Å². The molecule has 0 saturated carbocycles. The van der Waals surface area contributed by atoms with Gasteiger partial charge in [0.25, 0.3) is 0 Å². The van der Waals surface area contributed by atoms with Crippen molar-refractivity contribution >= 4 is 11.0 Å². The van der Waals surface area contributed by atoms with Crippen molar-refractivity contribution in [1.29, 1.82) is 0 Å². The van der Waals surface area contributed by atoms with Crippen LogP contribution in [0, 0.1) is 6.92 Å². The number of nitrogens with zero attached hydrogens (tertiary/aromatic N) is 2. The molecule has 2 heterocycles. The molecule has 0 fully saturated rings. The van der Waals surface area contributed by atoms with Gasteiger partial charge in [0, 0.05) is 11.6 Å². The molecule has 4 aromatic rings. The molecule has 0 amide bonds. The van der Waals surface area contributed by atoms with Gasteiger partial charge in [0.2, 0.25) is 0 Å². The topological polar surface area (TPSA) is 69.1 Å². The van der Waals surface area contributed by atoms with Crippen LogP contribution in [0.1, 0.15) is 5.69 Å². The second-order valence-corrected chi connectivity index (χ2v) is 6.17. The molecule has 0 aliphatic heterocycles. The normalized spacial score (nSPS) is 10.9. The van der Waals surface area contributed by atoms with Crippen molar-refractivity contribution in [2.45, 2.75) is 6.92 Å². The van der Waals surface area contributed by atoms with Crippen molar-refractivity contribution in [1.82, 2.24) is 14.8 Å². The lowest BCUT2D eigenvalue weighted by Crippen LogP contribution is -2.05. The van der Waals surface area contributed by atoms with Crippen LogP contribution in [-0.4, -0.2) is 29.0 Å². The largest absolute Gasteiger partial charge is 0.497 e. The summed E-state index contributed by atoms with van der Waals surface area (Å²) in [5.41, 5.74) is 3.57. The van der Waals surface area contributed by atoms with E-state index in [-0.39, 0.29) is 5.43 Å². The molecule has 0 atom stereocenters. The van der Waals surface area contributed by atoms with Gasteiger partial charge in [0.15, 0.2) is 5.43 Å². The van der Waals surface area contributed by atoms with Crippen LogP contribution in [0.2, 0.25) is 0 Å². The van der Waals surface area contributed by atoms with Gasteiger partial charge < -0.3 is 14.5 Å². The smallest absolute Gasteiger partial charge is 0.193 e. The molecule has 136 valence electrons. The van der Waals surface area contributed by atoms with Crippen molar-refractivity contribution in [3.8, 4) is 28.4 Å². The summed E-state index contributed by atoms with van der Waals surface area (Å²) in [4.78, 5) is 16.2. The summed E-state index contributed by atoms with van der Waals surface area (Å²) in [5.74, 6) is 1.45. The van der Waals surface area contributed by atoms with E-state index < -0.39 is 0 Å². The summed E-state index contributed by atoms with van der Waals surface area (Å²) in [6.07, 6.45) is 0. The van der Waals surface area contributed by atoms with Crippen LogP contribution in [0.15, 0.2) is 59.4 Å². The van der Waals surface area contributed by atoms with E-state index in [4.69, 9.17) is 9.47 Å². The van der Waals surface area contributed by atoms with Gasteiger partial charge in [-0.25, -0.2) is 4.68 Å². The monoisotopic (exact) mass is 361 g/mol. The van der Waals surface area contributed by atoms with Crippen LogP contribution < -0.4 is 14.9 Å². The van der Waals surface area contributed by atoms with Crippen molar-refractivity contribution in [2.24, 2.45) is 0 Å². The Morgan fingerprint density at radius 3 is 2.44 bits per heavy atom. The lowest BCUT2D eigenvalue weighted by Gasteiger charge is -2.10. The number of ether oxygens (including phenoxy) is 2. The Kier molecular flexibility index (Phi) is 4.16. The molecule has 0 aliphatic carbocycles. The van der Waals surface area contributed by atoms with Crippen molar-refractivity contribution < 1.29 is 9.47 Å². The molecule has 6 heteroatoms. The number of hydrogen-bond donors (Lipinski definition) is 1. The summed E-state index contributed by atoms with van der Waals surface area (Å²) in [6.45, 7) is 1.83. The Morgan fingerprint density at radius 2 is 1.74 bits per heavy atom. The van der Waals surface area contributed by atoms with Gasteiger partial charge in [-0.05, 0) is 43.3 Å². The quantitative estimate of drug-likeness (QED) is 0.602. The minimum Gasteiger partial charge on any atom is -0.497 e. The van der Waals surface area contributed by atoms with E-state index in [0.717, 1.165) is 17.0 Å². The van der Waals surface area contributed by atoms with E-state index in [1.165, 1.54) is 0 Å². The standard InChI is InChI=1S/C21H19N3O3/c1-13-20-18(25)12-17(16-6-4-5-7-19(16)27-3)22-21(20)24(23-13)14-8-10-15(26-2)11-9-14/h4-12H,1-3H3,(H,22,25). The van der Waals surface area contributed by atoms with E-state index in [1.54, 1.807) is 25.0 Å². The Bertz CT molecular complexity index is 1170. The molecule has 1 N–H and O–H groups in total. The first-order chi connectivity index (χ1) is 13.1. The molecule has 0 aliphatic rings. The van der Waals surface area contributed by atoms with Gasteiger partial charge in [-0.1, -0.05) is 12.1 Å². The second kappa shape index (κ2) is 6.64. The first kappa shape index (κ1) is 16.9. The van der Waals surface area contributed by atoms with Crippen molar-refractivity contribution in [3.05, 3.63) is 70.5 Å². The van der Waals surface area contributed by atoms with Gasteiger partial charge in [-0.15, -0.1) is 0 Å². The maximum absolute atomic E-state index is 12.8. The average Bonchev–Trinajstić information content (AvgIpc) is 3.05. The number of fused-ring (bicyclic) bond motifs is 1. The molecular weight excluding hydrogens is 342 g/mol. The van der Waals surface area contributed by atoms with Crippen molar-refractivity contribution in [2.75, 3.05) is 14.2 Å². The molecule has 6 nitrogen and oxygen atoms in total. The third kappa shape index (κ3) is 2.85. The number of H-pyrrole nitrogens is 1. The molecule has 4 rings (SSSR count). The maximum Gasteiger partial charge on any atom is 0.193 e. The molecule has 2 aromatic carbocycles. The van der Waals surface area contributed by atoms with Crippen LogP contribution >= 0.6 is 0 Å². The number of aromatic nitrogens is 3. The number of para-hydroxylation sites is 1. The van der Waals surface area contributed by atoms with Crippen LogP contribution in [0.4, 0.5) is 0 Å². The minimum absolute atomic E-state index is 0.0816. The fourth-order valence-electron chi connectivity index (χ4n) is 3.23. The molecule has 0 unspecified atom stereocenters. The van der Waals surface area contributed by atoms with E-state index in [2.05, 4.69) is 10.1 Å². The van der Waals surface area contributed by atoms with Crippen LogP contribution in [-0.2, 0) is 0 Å².